The lowest BCUT2D eigenvalue weighted by Gasteiger charge is -2.15. The fourth-order valence-corrected chi connectivity index (χ4v) is 2.59. The lowest BCUT2D eigenvalue weighted by atomic mass is 10.0. The van der Waals surface area contributed by atoms with E-state index in [4.69, 9.17) is 5.84 Å². The normalized spacial score (nSPS) is 10.8. The third-order valence-electron chi connectivity index (χ3n) is 2.70. The Morgan fingerprint density at radius 2 is 2.00 bits per heavy atom. The van der Waals surface area contributed by atoms with Gasteiger partial charge in [-0.05, 0) is 12.8 Å². The highest BCUT2D eigenvalue weighted by molar-refractivity contribution is 7.11. The molecule has 2 aromatic heterocycles. The van der Waals surface area contributed by atoms with E-state index in [0.29, 0.717) is 12.4 Å². The molecule has 7 heteroatoms. The van der Waals surface area contributed by atoms with Gasteiger partial charge in [-0.15, -0.1) is 11.3 Å². The summed E-state index contributed by atoms with van der Waals surface area (Å²) in [6.45, 7) is 6.87. The second-order valence-electron chi connectivity index (χ2n) is 4.48. The largest absolute Gasteiger partial charge is 0.365 e. The van der Waals surface area contributed by atoms with Crippen molar-refractivity contribution in [2.75, 3.05) is 10.7 Å². The van der Waals surface area contributed by atoms with E-state index >= 15 is 0 Å². The van der Waals surface area contributed by atoms with Crippen LogP contribution in [0, 0.1) is 6.92 Å². The SMILES string of the molecule is Cc1ncc(CNc2ncnc(NN)c2C(C)C)s1. The number of thiazole rings is 1. The Labute approximate surface area is 116 Å². The molecule has 0 aliphatic carbocycles. The van der Waals surface area contributed by atoms with E-state index in [2.05, 4.69) is 39.5 Å². The zero-order valence-corrected chi connectivity index (χ0v) is 12.1. The molecule has 0 aliphatic rings. The number of hydrazine groups is 1. The van der Waals surface area contributed by atoms with Crippen molar-refractivity contribution in [3.05, 3.63) is 28.0 Å². The van der Waals surface area contributed by atoms with E-state index in [9.17, 15) is 0 Å². The van der Waals surface area contributed by atoms with Crippen LogP contribution in [0.5, 0.6) is 0 Å². The van der Waals surface area contributed by atoms with Crippen LogP contribution in [0.2, 0.25) is 0 Å². The van der Waals surface area contributed by atoms with Gasteiger partial charge >= 0.3 is 0 Å². The number of aromatic nitrogens is 3. The molecule has 0 amide bonds. The van der Waals surface area contributed by atoms with Crippen LogP contribution in [0.25, 0.3) is 0 Å². The maximum atomic E-state index is 5.49. The molecule has 2 rings (SSSR count). The van der Waals surface area contributed by atoms with Crippen LogP contribution in [0.15, 0.2) is 12.5 Å². The van der Waals surface area contributed by atoms with Gasteiger partial charge in [0.25, 0.3) is 0 Å². The molecule has 0 unspecified atom stereocenters. The summed E-state index contributed by atoms with van der Waals surface area (Å²) >= 11 is 1.67. The summed E-state index contributed by atoms with van der Waals surface area (Å²) in [4.78, 5) is 13.8. The Morgan fingerprint density at radius 3 is 2.58 bits per heavy atom. The fraction of sp³-hybridized carbons (Fsp3) is 0.417. The van der Waals surface area contributed by atoms with Gasteiger partial charge in [0.2, 0.25) is 0 Å². The molecular weight excluding hydrogens is 260 g/mol. The van der Waals surface area contributed by atoms with Crippen molar-refractivity contribution in [1.82, 2.24) is 15.0 Å². The lowest BCUT2D eigenvalue weighted by Crippen LogP contribution is -2.14. The monoisotopic (exact) mass is 278 g/mol. The molecular formula is C12H18N6S. The Kier molecular flexibility index (Phi) is 4.28. The van der Waals surface area contributed by atoms with Gasteiger partial charge in [-0.2, -0.15) is 0 Å². The highest BCUT2D eigenvalue weighted by Gasteiger charge is 2.14. The van der Waals surface area contributed by atoms with Crippen molar-refractivity contribution in [2.45, 2.75) is 33.2 Å². The molecule has 19 heavy (non-hydrogen) atoms. The summed E-state index contributed by atoms with van der Waals surface area (Å²) in [5, 5.41) is 4.39. The maximum absolute atomic E-state index is 5.49. The molecule has 4 N–H and O–H groups in total. The van der Waals surface area contributed by atoms with Gasteiger partial charge in [0, 0.05) is 16.6 Å². The number of hydrogen-bond donors (Lipinski definition) is 3. The highest BCUT2D eigenvalue weighted by Crippen LogP contribution is 2.28. The average Bonchev–Trinajstić information content (AvgIpc) is 2.81. The molecule has 0 aromatic carbocycles. The van der Waals surface area contributed by atoms with Crippen molar-refractivity contribution < 1.29 is 0 Å². The highest BCUT2D eigenvalue weighted by atomic mass is 32.1. The van der Waals surface area contributed by atoms with Gasteiger partial charge in [0.1, 0.15) is 18.0 Å². The van der Waals surface area contributed by atoms with Crippen LogP contribution in [-0.4, -0.2) is 15.0 Å². The minimum Gasteiger partial charge on any atom is -0.365 e. The lowest BCUT2D eigenvalue weighted by molar-refractivity contribution is 0.845. The minimum absolute atomic E-state index is 0.276. The predicted molar refractivity (Wildman–Crippen MR) is 78.1 cm³/mol. The van der Waals surface area contributed by atoms with Gasteiger partial charge in [0.15, 0.2) is 0 Å². The summed E-state index contributed by atoms with van der Waals surface area (Å²) in [5.41, 5.74) is 3.61. The Morgan fingerprint density at radius 1 is 1.26 bits per heavy atom. The summed E-state index contributed by atoms with van der Waals surface area (Å²) in [6.07, 6.45) is 3.38. The standard InChI is InChI=1S/C12H18N6S/c1-7(2)10-11(16-6-17-12(10)18-13)15-5-9-4-14-8(3)19-9/h4,6-7H,5,13H2,1-3H3,(H2,15,16,17,18). The summed E-state index contributed by atoms with van der Waals surface area (Å²) in [5.74, 6) is 7.24. The van der Waals surface area contributed by atoms with Gasteiger partial charge in [0.05, 0.1) is 11.6 Å². The number of anilines is 2. The van der Waals surface area contributed by atoms with Crippen LogP contribution in [-0.2, 0) is 6.54 Å². The van der Waals surface area contributed by atoms with Crippen molar-refractivity contribution in [2.24, 2.45) is 5.84 Å². The van der Waals surface area contributed by atoms with E-state index in [0.717, 1.165) is 16.4 Å². The molecule has 0 bridgehead atoms. The third kappa shape index (κ3) is 3.18. The second-order valence-corrected chi connectivity index (χ2v) is 5.80. The number of hydrogen-bond acceptors (Lipinski definition) is 7. The van der Waals surface area contributed by atoms with Gasteiger partial charge in [-0.3, -0.25) is 0 Å². The molecule has 102 valence electrons. The molecule has 2 aromatic rings. The van der Waals surface area contributed by atoms with Crippen molar-refractivity contribution >= 4 is 23.0 Å². The molecule has 2 heterocycles. The van der Waals surface area contributed by atoms with E-state index in [1.54, 1.807) is 11.3 Å². The smallest absolute Gasteiger partial charge is 0.148 e. The van der Waals surface area contributed by atoms with Crippen LogP contribution >= 0.6 is 11.3 Å². The third-order valence-corrected chi connectivity index (χ3v) is 3.61. The zero-order valence-electron chi connectivity index (χ0n) is 11.3. The average molecular weight is 278 g/mol. The Balaban J connectivity index is 2.19. The van der Waals surface area contributed by atoms with E-state index < -0.39 is 0 Å². The number of rotatable bonds is 5. The summed E-state index contributed by atoms with van der Waals surface area (Å²) < 4.78 is 0. The number of nitrogens with one attached hydrogen (secondary N) is 2. The minimum atomic E-state index is 0.276. The van der Waals surface area contributed by atoms with Gasteiger partial charge in [-0.25, -0.2) is 20.8 Å². The fourth-order valence-electron chi connectivity index (χ4n) is 1.86. The van der Waals surface area contributed by atoms with Crippen LogP contribution in [0.3, 0.4) is 0 Å². The maximum Gasteiger partial charge on any atom is 0.148 e. The summed E-state index contributed by atoms with van der Waals surface area (Å²) in [7, 11) is 0. The van der Waals surface area contributed by atoms with Gasteiger partial charge in [-0.1, -0.05) is 13.8 Å². The second kappa shape index (κ2) is 5.94. The first-order chi connectivity index (χ1) is 9.11. The van der Waals surface area contributed by atoms with E-state index in [-0.39, 0.29) is 5.92 Å². The molecule has 0 fully saturated rings. The Hall–Kier alpha value is -1.73. The summed E-state index contributed by atoms with van der Waals surface area (Å²) in [6, 6.07) is 0. The van der Waals surface area contributed by atoms with Crippen LogP contribution in [0.1, 0.15) is 35.2 Å². The van der Waals surface area contributed by atoms with E-state index in [1.165, 1.54) is 11.2 Å². The molecule has 0 saturated heterocycles. The van der Waals surface area contributed by atoms with Crippen LogP contribution < -0.4 is 16.6 Å². The molecule has 0 spiro atoms. The first kappa shape index (κ1) is 13.7. The number of nitrogen functional groups attached to an aromatic ring is 1. The van der Waals surface area contributed by atoms with Gasteiger partial charge < -0.3 is 10.7 Å². The Bertz CT molecular complexity index is 551. The number of nitrogens with two attached hydrogens (primary N) is 1. The number of aryl methyl sites for hydroxylation is 1. The molecule has 0 aliphatic heterocycles. The van der Waals surface area contributed by atoms with Crippen molar-refractivity contribution in [3.63, 3.8) is 0 Å². The number of nitrogens with zero attached hydrogens (tertiary/aromatic N) is 3. The van der Waals surface area contributed by atoms with Crippen molar-refractivity contribution in [3.8, 4) is 0 Å². The van der Waals surface area contributed by atoms with Crippen LogP contribution in [0.4, 0.5) is 11.6 Å². The van der Waals surface area contributed by atoms with Crippen molar-refractivity contribution in [1.29, 1.82) is 0 Å². The topological polar surface area (TPSA) is 88.8 Å². The quantitative estimate of drug-likeness (QED) is 0.574. The predicted octanol–water partition coefficient (Wildman–Crippen LogP) is 2.26. The first-order valence-corrected chi connectivity index (χ1v) is 6.90. The first-order valence-electron chi connectivity index (χ1n) is 6.08. The zero-order chi connectivity index (χ0) is 13.8. The molecule has 0 saturated carbocycles. The van der Waals surface area contributed by atoms with E-state index in [1.807, 2.05) is 13.1 Å². The molecule has 0 radical (unpaired) electrons. The molecule has 0 atom stereocenters. The molecule has 6 nitrogen and oxygen atoms in total.